The van der Waals surface area contributed by atoms with Gasteiger partial charge in [-0.2, -0.15) is 0 Å². The van der Waals surface area contributed by atoms with Crippen molar-refractivity contribution < 1.29 is 9.22 Å². The maximum absolute atomic E-state index is 5.43. The number of unbranched alkanes of at least 4 members (excludes halogenated alkanes) is 5. The van der Waals surface area contributed by atoms with Gasteiger partial charge in [-0.1, -0.05) is 0 Å². The SMILES string of the molecule is CCCCCCC[CH2][Sn]([O]C)([O]C)[O]C. The van der Waals surface area contributed by atoms with Crippen LogP contribution in [0.1, 0.15) is 45.4 Å². The van der Waals surface area contributed by atoms with Crippen LogP contribution in [0.15, 0.2) is 0 Å². The van der Waals surface area contributed by atoms with Gasteiger partial charge in [-0.3, -0.25) is 0 Å². The average molecular weight is 325 g/mol. The molecule has 0 aromatic heterocycles. The minimum absolute atomic E-state index is 1.00. The van der Waals surface area contributed by atoms with Gasteiger partial charge in [-0.15, -0.1) is 0 Å². The summed E-state index contributed by atoms with van der Waals surface area (Å²) in [5.41, 5.74) is 0. The number of hydrogen-bond acceptors (Lipinski definition) is 3. The molecule has 0 rings (SSSR count). The van der Waals surface area contributed by atoms with Gasteiger partial charge in [0.05, 0.1) is 0 Å². The zero-order chi connectivity index (χ0) is 11.6. The Morgan fingerprint density at radius 2 is 1.20 bits per heavy atom. The fraction of sp³-hybridized carbons (Fsp3) is 1.00. The molecule has 0 aromatic carbocycles. The van der Waals surface area contributed by atoms with E-state index >= 15 is 0 Å². The molecule has 0 heterocycles. The first kappa shape index (κ1) is 15.7. The summed E-state index contributed by atoms with van der Waals surface area (Å²) in [5, 5.41) is 0. The van der Waals surface area contributed by atoms with Crippen molar-refractivity contribution >= 4 is 19.6 Å². The normalized spacial score (nSPS) is 12.0. The molecule has 0 N–H and O–H groups in total. The molecule has 0 atom stereocenters. The monoisotopic (exact) mass is 326 g/mol. The van der Waals surface area contributed by atoms with Crippen LogP contribution < -0.4 is 0 Å². The molecule has 0 saturated carbocycles. The van der Waals surface area contributed by atoms with Gasteiger partial charge in [0.25, 0.3) is 0 Å². The number of rotatable bonds is 10. The molecule has 3 nitrogen and oxygen atoms in total. The van der Waals surface area contributed by atoms with Crippen LogP contribution >= 0.6 is 0 Å². The Labute approximate surface area is 100.0 Å². The van der Waals surface area contributed by atoms with E-state index in [1.165, 1.54) is 38.5 Å². The molecule has 4 heteroatoms. The van der Waals surface area contributed by atoms with E-state index in [0.29, 0.717) is 0 Å². The molecule has 0 unspecified atom stereocenters. The molecule has 15 heavy (non-hydrogen) atoms. The summed E-state index contributed by atoms with van der Waals surface area (Å²) in [6.07, 6.45) is 7.79. The second kappa shape index (κ2) is 9.87. The van der Waals surface area contributed by atoms with Gasteiger partial charge in [-0.25, -0.2) is 0 Å². The standard InChI is InChI=1S/C8H17.3CH3O.Sn/c1-3-5-7-8-6-4-2;3*1-2;/h1,3-8H2,2H3;3*1H3;/q;3*-1;+3. The Morgan fingerprint density at radius 3 is 1.67 bits per heavy atom. The van der Waals surface area contributed by atoms with Crippen LogP contribution in [0.4, 0.5) is 0 Å². The molecule has 0 amide bonds. The van der Waals surface area contributed by atoms with Gasteiger partial charge >= 0.3 is 100 Å². The molecule has 0 spiro atoms. The van der Waals surface area contributed by atoms with Crippen molar-refractivity contribution in [2.75, 3.05) is 21.3 Å². The van der Waals surface area contributed by atoms with Crippen molar-refractivity contribution in [3.05, 3.63) is 0 Å². The predicted molar refractivity (Wildman–Crippen MR) is 65.0 cm³/mol. The van der Waals surface area contributed by atoms with Gasteiger partial charge in [0, 0.05) is 0 Å². The third-order valence-electron chi connectivity index (χ3n) is 2.77. The van der Waals surface area contributed by atoms with E-state index in [4.69, 9.17) is 9.22 Å². The summed E-state index contributed by atoms with van der Waals surface area (Å²) >= 11 is -3.03. The van der Waals surface area contributed by atoms with Crippen LogP contribution in [-0.2, 0) is 9.22 Å². The third kappa shape index (κ3) is 6.76. The first-order valence-corrected chi connectivity index (χ1v) is 11.4. The molecule has 0 radical (unpaired) electrons. The van der Waals surface area contributed by atoms with Crippen molar-refractivity contribution in [2.24, 2.45) is 0 Å². The minimum atomic E-state index is -3.03. The molecule has 0 aromatic rings. The maximum atomic E-state index is 5.43. The Hall–Kier alpha value is 0.679. The van der Waals surface area contributed by atoms with Crippen LogP contribution in [0, 0.1) is 0 Å². The molecule has 0 aliphatic rings. The first-order valence-electron chi connectivity index (χ1n) is 5.90. The fourth-order valence-electron chi connectivity index (χ4n) is 1.68. The Bertz CT molecular complexity index is 130. The fourth-order valence-corrected chi connectivity index (χ4v) is 6.80. The zero-order valence-corrected chi connectivity index (χ0v) is 13.5. The molecular weight excluding hydrogens is 299 g/mol. The summed E-state index contributed by atoms with van der Waals surface area (Å²) in [7, 11) is 5.13. The first-order chi connectivity index (χ1) is 7.24. The Morgan fingerprint density at radius 1 is 0.733 bits per heavy atom. The van der Waals surface area contributed by atoms with Gasteiger partial charge in [0.15, 0.2) is 0 Å². The number of hydrogen-bond donors (Lipinski definition) is 0. The van der Waals surface area contributed by atoms with Crippen molar-refractivity contribution in [2.45, 2.75) is 49.9 Å². The van der Waals surface area contributed by atoms with Gasteiger partial charge < -0.3 is 0 Å². The molecule has 0 saturated heterocycles. The zero-order valence-electron chi connectivity index (χ0n) is 10.7. The second-order valence-electron chi connectivity index (χ2n) is 3.81. The Balaban J connectivity index is 3.54. The van der Waals surface area contributed by atoms with Gasteiger partial charge in [0.1, 0.15) is 0 Å². The summed E-state index contributed by atoms with van der Waals surface area (Å²) in [4.78, 5) is 0. The van der Waals surface area contributed by atoms with E-state index < -0.39 is 19.6 Å². The van der Waals surface area contributed by atoms with E-state index in [2.05, 4.69) is 6.92 Å². The average Bonchev–Trinajstić information content (AvgIpc) is 2.29. The van der Waals surface area contributed by atoms with Crippen LogP contribution in [0.3, 0.4) is 0 Å². The molecular formula is C11H26O3Sn. The van der Waals surface area contributed by atoms with E-state index in [1.807, 2.05) is 0 Å². The van der Waals surface area contributed by atoms with Crippen LogP contribution in [-0.4, -0.2) is 40.9 Å². The van der Waals surface area contributed by atoms with Crippen molar-refractivity contribution in [3.63, 3.8) is 0 Å². The van der Waals surface area contributed by atoms with Gasteiger partial charge in [-0.05, 0) is 0 Å². The summed E-state index contributed by atoms with van der Waals surface area (Å²) in [5.74, 6) is 0. The molecule has 92 valence electrons. The van der Waals surface area contributed by atoms with Gasteiger partial charge in [0.2, 0.25) is 0 Å². The van der Waals surface area contributed by atoms with E-state index in [9.17, 15) is 0 Å². The van der Waals surface area contributed by atoms with E-state index in [-0.39, 0.29) is 0 Å². The summed E-state index contributed by atoms with van der Waals surface area (Å²) in [6, 6.07) is 0. The van der Waals surface area contributed by atoms with E-state index in [0.717, 1.165) is 4.44 Å². The van der Waals surface area contributed by atoms with Crippen molar-refractivity contribution in [1.82, 2.24) is 0 Å². The topological polar surface area (TPSA) is 27.7 Å². The van der Waals surface area contributed by atoms with Crippen LogP contribution in [0.5, 0.6) is 0 Å². The predicted octanol–water partition coefficient (Wildman–Crippen LogP) is 3.23. The van der Waals surface area contributed by atoms with Crippen molar-refractivity contribution in [1.29, 1.82) is 0 Å². The Kier molecular flexibility index (Phi) is 10.3. The quantitative estimate of drug-likeness (QED) is 0.456. The molecule has 0 fully saturated rings. The second-order valence-corrected chi connectivity index (χ2v) is 12.6. The van der Waals surface area contributed by atoms with Crippen molar-refractivity contribution in [3.8, 4) is 0 Å². The summed E-state index contributed by atoms with van der Waals surface area (Å²) in [6.45, 7) is 2.24. The molecule has 0 aliphatic heterocycles. The molecule has 0 bridgehead atoms. The van der Waals surface area contributed by atoms with E-state index in [1.54, 1.807) is 21.3 Å². The van der Waals surface area contributed by atoms with Crippen LogP contribution in [0.2, 0.25) is 4.44 Å². The molecule has 0 aliphatic carbocycles. The third-order valence-corrected chi connectivity index (χ3v) is 10.9. The summed E-state index contributed by atoms with van der Waals surface area (Å²) < 4.78 is 17.3. The van der Waals surface area contributed by atoms with Crippen LogP contribution in [0.25, 0.3) is 0 Å².